The van der Waals surface area contributed by atoms with Gasteiger partial charge in [0.2, 0.25) is 0 Å². The third kappa shape index (κ3) is 3.05. The molecule has 0 bridgehead atoms. The molecule has 1 heterocycles. The minimum absolute atomic E-state index is 0.0467. The van der Waals surface area contributed by atoms with Crippen LogP contribution in [-0.2, 0) is 4.79 Å². The van der Waals surface area contributed by atoms with E-state index in [0.717, 1.165) is 16.8 Å². The number of phenolic OH excluding ortho intramolecular Hbond substituents is 1. The maximum atomic E-state index is 14.0. The van der Waals surface area contributed by atoms with Gasteiger partial charge >= 0.3 is 0 Å². The topological polar surface area (TPSA) is 123 Å². The highest BCUT2D eigenvalue weighted by molar-refractivity contribution is 6.40. The first-order chi connectivity index (χ1) is 19.9. The lowest BCUT2D eigenvalue weighted by molar-refractivity contribution is -0.117. The number of hydrogen-bond acceptors (Lipinski definition) is 9. The zero-order chi connectivity index (χ0) is 30.0. The number of ether oxygens (including phenoxy) is 3. The van der Waals surface area contributed by atoms with Gasteiger partial charge in [0, 0.05) is 62.3 Å². The van der Waals surface area contributed by atoms with E-state index in [2.05, 4.69) is 24.5 Å². The van der Waals surface area contributed by atoms with Gasteiger partial charge in [0.15, 0.2) is 22.4 Å². The molecule has 0 saturated heterocycles. The number of anilines is 2. The average molecular weight is 567 g/mol. The van der Waals surface area contributed by atoms with Crippen LogP contribution in [-0.4, -0.2) is 44.3 Å². The normalized spacial score (nSPS) is 17.2. The Kier molecular flexibility index (Phi) is 5.21. The number of benzene rings is 5. The van der Waals surface area contributed by atoms with Crippen LogP contribution >= 0.6 is 0 Å². The number of methoxy groups -OCH3 is 3. The van der Waals surface area contributed by atoms with E-state index in [-0.39, 0.29) is 39.4 Å². The van der Waals surface area contributed by atoms with Gasteiger partial charge in [-0.2, -0.15) is 0 Å². The molecular formula is C33H30N2O7. The summed E-state index contributed by atoms with van der Waals surface area (Å²) in [6.07, 6.45) is 1.97. The lowest BCUT2D eigenvalue weighted by atomic mass is 9.80. The lowest BCUT2D eigenvalue weighted by Gasteiger charge is -2.37. The Bertz CT molecular complexity index is 2200. The summed E-state index contributed by atoms with van der Waals surface area (Å²) in [5.41, 5.74) is 2.27. The number of phenols is 1. The van der Waals surface area contributed by atoms with E-state index in [1.165, 1.54) is 40.4 Å². The van der Waals surface area contributed by atoms with Crippen LogP contribution in [0.1, 0.15) is 44.7 Å². The van der Waals surface area contributed by atoms with Crippen LogP contribution in [0.25, 0.3) is 49.2 Å². The fourth-order valence-electron chi connectivity index (χ4n) is 7.29. The summed E-state index contributed by atoms with van der Waals surface area (Å²) in [6, 6.07) is 2.78. The quantitative estimate of drug-likeness (QED) is 0.196. The number of rotatable bonds is 4. The Morgan fingerprint density at radius 3 is 2.02 bits per heavy atom. The molecule has 0 aromatic heterocycles. The van der Waals surface area contributed by atoms with Gasteiger partial charge in [-0.15, -0.1) is 0 Å². The number of nitrogens with one attached hydrogen (secondary N) is 2. The van der Waals surface area contributed by atoms with Crippen molar-refractivity contribution in [2.24, 2.45) is 0 Å². The van der Waals surface area contributed by atoms with E-state index in [1.54, 1.807) is 0 Å². The highest BCUT2D eigenvalue weighted by Gasteiger charge is 2.38. The Morgan fingerprint density at radius 2 is 1.45 bits per heavy atom. The van der Waals surface area contributed by atoms with Crippen molar-refractivity contribution in [2.45, 2.75) is 39.2 Å². The van der Waals surface area contributed by atoms with E-state index in [0.29, 0.717) is 61.2 Å². The molecule has 0 radical (unpaired) electrons. The number of ketones is 1. The molecule has 0 fully saturated rings. The van der Waals surface area contributed by atoms with E-state index >= 15 is 0 Å². The van der Waals surface area contributed by atoms with Crippen molar-refractivity contribution in [3.8, 4) is 23.0 Å². The van der Waals surface area contributed by atoms with Gasteiger partial charge in [-0.3, -0.25) is 14.4 Å². The molecule has 214 valence electrons. The number of allylic oxidation sites excluding steroid dienone is 1. The molecule has 0 spiro atoms. The zero-order valence-electron chi connectivity index (χ0n) is 24.4. The van der Waals surface area contributed by atoms with Crippen LogP contribution in [0.15, 0.2) is 27.3 Å². The van der Waals surface area contributed by atoms with Crippen molar-refractivity contribution in [3.63, 3.8) is 0 Å². The summed E-state index contributed by atoms with van der Waals surface area (Å²) >= 11 is 0. The molecule has 1 aliphatic heterocycles. The first kappa shape index (κ1) is 26.1. The molecule has 1 atom stereocenters. The molecular weight excluding hydrogens is 536 g/mol. The highest BCUT2D eigenvalue weighted by atomic mass is 16.5. The van der Waals surface area contributed by atoms with Gasteiger partial charge in [-0.05, 0) is 33.1 Å². The fraction of sp³-hybridized carbons (Fsp3) is 0.303. The summed E-state index contributed by atoms with van der Waals surface area (Å²) < 4.78 is 17.4. The molecule has 2 aliphatic rings. The maximum Gasteiger partial charge on any atom is 0.194 e. The number of Topliss-reactive ketones (excluding diaryl/α,β-unsaturated/α-hetero) is 1. The number of hydrogen-bond donors (Lipinski definition) is 3. The second kappa shape index (κ2) is 8.38. The highest BCUT2D eigenvalue weighted by Crippen LogP contribution is 2.58. The molecule has 1 unspecified atom stereocenters. The first-order valence-corrected chi connectivity index (χ1v) is 13.7. The van der Waals surface area contributed by atoms with E-state index in [1.807, 2.05) is 13.0 Å². The summed E-state index contributed by atoms with van der Waals surface area (Å²) in [5.74, 6) is -0.663. The van der Waals surface area contributed by atoms with E-state index in [4.69, 9.17) is 14.2 Å². The van der Waals surface area contributed by atoms with Gasteiger partial charge in [0.25, 0.3) is 0 Å². The molecule has 42 heavy (non-hydrogen) atoms. The van der Waals surface area contributed by atoms with Crippen molar-refractivity contribution in [1.82, 2.24) is 0 Å². The average Bonchev–Trinajstić information content (AvgIpc) is 3.07. The van der Waals surface area contributed by atoms with Gasteiger partial charge in [-0.1, -0.05) is 11.6 Å². The molecule has 3 N–H and O–H groups in total. The number of fused-ring (bicyclic) bond motifs is 4. The number of carbonyl (C=O) groups excluding carboxylic acids is 1. The van der Waals surface area contributed by atoms with E-state index in [9.17, 15) is 19.5 Å². The molecule has 9 nitrogen and oxygen atoms in total. The van der Waals surface area contributed by atoms with Crippen LogP contribution in [0.3, 0.4) is 0 Å². The summed E-state index contributed by atoms with van der Waals surface area (Å²) in [7, 11) is 4.37. The van der Waals surface area contributed by atoms with Crippen molar-refractivity contribution >= 4 is 66.3 Å². The van der Waals surface area contributed by atoms with Crippen LogP contribution in [0, 0.1) is 0 Å². The van der Waals surface area contributed by atoms with Gasteiger partial charge < -0.3 is 30.0 Å². The maximum absolute atomic E-state index is 14.0. The second-order valence-electron chi connectivity index (χ2n) is 11.9. The Labute approximate surface area is 240 Å². The SMILES string of the molecule is COc1c(O)c2c(=O)cc(OC)c3c4c(OC)cc(=O)c5c6c(c7c(c(c1C(C(C)=O)C(C)=C7)c23)c54)NC(C)(C)CN6. The van der Waals surface area contributed by atoms with Gasteiger partial charge in [0.1, 0.15) is 17.3 Å². The third-order valence-corrected chi connectivity index (χ3v) is 8.85. The largest absolute Gasteiger partial charge is 0.504 e. The molecule has 5 aromatic carbocycles. The van der Waals surface area contributed by atoms with Crippen LogP contribution < -0.4 is 35.7 Å². The lowest BCUT2D eigenvalue weighted by Crippen LogP contribution is -2.42. The third-order valence-electron chi connectivity index (χ3n) is 8.85. The monoisotopic (exact) mass is 566 g/mol. The molecule has 1 aliphatic carbocycles. The minimum Gasteiger partial charge on any atom is -0.504 e. The molecule has 5 aromatic rings. The summed E-state index contributed by atoms with van der Waals surface area (Å²) in [6.45, 7) is 8.06. The van der Waals surface area contributed by atoms with E-state index < -0.39 is 11.3 Å². The second-order valence-corrected chi connectivity index (χ2v) is 11.9. The molecule has 9 heteroatoms. The van der Waals surface area contributed by atoms with Crippen LogP contribution in [0.2, 0.25) is 0 Å². The smallest absolute Gasteiger partial charge is 0.194 e. The predicted octanol–water partition coefficient (Wildman–Crippen LogP) is 5.33. The predicted molar refractivity (Wildman–Crippen MR) is 166 cm³/mol. The minimum atomic E-state index is -0.791. The van der Waals surface area contributed by atoms with Gasteiger partial charge in [0.05, 0.1) is 49.4 Å². The Balaban J connectivity index is 1.99. The fourth-order valence-corrected chi connectivity index (χ4v) is 7.29. The Morgan fingerprint density at radius 1 is 0.857 bits per heavy atom. The van der Waals surface area contributed by atoms with Crippen LogP contribution in [0.5, 0.6) is 23.0 Å². The summed E-state index contributed by atoms with van der Waals surface area (Å²) in [4.78, 5) is 41.1. The van der Waals surface area contributed by atoms with Crippen LogP contribution in [0.4, 0.5) is 11.4 Å². The van der Waals surface area contributed by atoms with Gasteiger partial charge in [-0.25, -0.2) is 0 Å². The summed E-state index contributed by atoms with van der Waals surface area (Å²) in [5, 5.41) is 22.7. The van der Waals surface area contributed by atoms with Crippen molar-refractivity contribution in [2.75, 3.05) is 38.5 Å². The number of carbonyl (C=O) groups is 1. The molecule has 0 amide bonds. The zero-order valence-corrected chi connectivity index (χ0v) is 24.4. The van der Waals surface area contributed by atoms with Crippen molar-refractivity contribution in [3.05, 3.63) is 49.3 Å². The van der Waals surface area contributed by atoms with Crippen molar-refractivity contribution < 1.29 is 24.1 Å². The first-order valence-electron chi connectivity index (χ1n) is 13.7. The molecule has 0 saturated carbocycles. The molecule has 7 rings (SSSR count). The Hall–Kier alpha value is -4.79. The van der Waals surface area contributed by atoms with Crippen molar-refractivity contribution in [1.29, 1.82) is 0 Å². The number of aromatic hydroxyl groups is 1. The standard InChI is InChI=1S/C33H30N2O7/c1-12-8-14-20-25-21(30-29(14)35-33(3,4)11-34-30)15(37)9-17(40-5)23(25)24-18(41-6)10-16(38)22-27(24)26(20)28(19(12)13(2)36)32(42-7)31(22)39/h8-10,19,34-35,39H,11H2,1-7H3.